The van der Waals surface area contributed by atoms with Crippen molar-refractivity contribution >= 4 is 15.9 Å². The van der Waals surface area contributed by atoms with Gasteiger partial charge in [0, 0.05) is 28.8 Å². The number of methoxy groups -OCH3 is 1. The molecular weight excluding hydrogens is 356 g/mol. The lowest BCUT2D eigenvalue weighted by Crippen LogP contribution is -1.92. The monoisotopic (exact) mass is 368 g/mol. The molecule has 1 heterocycles. The van der Waals surface area contributed by atoms with Gasteiger partial charge in [-0.2, -0.15) is 0 Å². The predicted octanol–water partition coefficient (Wildman–Crippen LogP) is 3.57. The summed E-state index contributed by atoms with van der Waals surface area (Å²) >= 11 is 3.31. The van der Waals surface area contributed by atoms with Crippen molar-refractivity contribution in [1.82, 2.24) is 0 Å². The standard InChI is InChI=1S/C19H13BrO3/c1-21-17-8-5-14(6-9-17)4-7-16-12-19-18(22-13-23-19)11-15(16)3-2-10-20/h5-6,8-9,11-12H,10,13H2,1H3. The Balaban J connectivity index is 1.96. The summed E-state index contributed by atoms with van der Waals surface area (Å²) in [7, 11) is 1.64. The predicted molar refractivity (Wildman–Crippen MR) is 92.2 cm³/mol. The van der Waals surface area contributed by atoms with Gasteiger partial charge < -0.3 is 14.2 Å². The Labute approximate surface area is 143 Å². The second kappa shape index (κ2) is 7.13. The maximum absolute atomic E-state index is 5.42. The SMILES string of the molecule is COc1ccc(C#Cc2cc3c(cc2C#CCBr)OCO3)cc1. The van der Waals surface area contributed by atoms with Crippen molar-refractivity contribution in [3.05, 3.63) is 53.1 Å². The molecule has 4 heteroatoms. The molecule has 0 amide bonds. The van der Waals surface area contributed by atoms with Crippen LogP contribution in [0.1, 0.15) is 16.7 Å². The van der Waals surface area contributed by atoms with Crippen molar-refractivity contribution in [3.8, 4) is 40.9 Å². The van der Waals surface area contributed by atoms with Crippen LogP contribution >= 0.6 is 15.9 Å². The summed E-state index contributed by atoms with van der Waals surface area (Å²) in [6, 6.07) is 11.4. The molecule has 3 nitrogen and oxygen atoms in total. The Morgan fingerprint density at radius 3 is 2.26 bits per heavy atom. The molecule has 2 aromatic rings. The number of rotatable bonds is 1. The molecule has 0 fully saturated rings. The van der Waals surface area contributed by atoms with Gasteiger partial charge in [0.2, 0.25) is 6.79 Å². The minimum absolute atomic E-state index is 0.232. The maximum Gasteiger partial charge on any atom is 0.231 e. The first-order valence-electron chi connectivity index (χ1n) is 6.94. The Bertz CT molecular complexity index is 833. The lowest BCUT2D eigenvalue weighted by Gasteiger charge is -2.01. The summed E-state index contributed by atoms with van der Waals surface area (Å²) < 4.78 is 16.0. The van der Waals surface area contributed by atoms with Gasteiger partial charge in [0.25, 0.3) is 0 Å². The van der Waals surface area contributed by atoms with Crippen molar-refractivity contribution in [3.63, 3.8) is 0 Å². The van der Waals surface area contributed by atoms with E-state index in [1.54, 1.807) is 7.11 Å². The molecule has 0 saturated carbocycles. The topological polar surface area (TPSA) is 27.7 Å². The van der Waals surface area contributed by atoms with Crippen LogP contribution in [-0.4, -0.2) is 19.2 Å². The van der Waals surface area contributed by atoms with Crippen LogP contribution < -0.4 is 14.2 Å². The number of hydrogen-bond acceptors (Lipinski definition) is 3. The molecular formula is C19H13BrO3. The fourth-order valence-corrected chi connectivity index (χ4v) is 2.23. The first kappa shape index (κ1) is 15.3. The van der Waals surface area contributed by atoms with E-state index in [1.165, 1.54) is 0 Å². The third-order valence-corrected chi connectivity index (χ3v) is 3.51. The molecule has 0 spiro atoms. The second-order valence-electron chi connectivity index (χ2n) is 4.66. The van der Waals surface area contributed by atoms with Crippen molar-refractivity contribution in [2.24, 2.45) is 0 Å². The lowest BCUT2D eigenvalue weighted by molar-refractivity contribution is 0.174. The number of alkyl halides is 1. The average Bonchev–Trinajstić information content (AvgIpc) is 3.05. The van der Waals surface area contributed by atoms with E-state index in [4.69, 9.17) is 14.2 Å². The summed E-state index contributed by atoms with van der Waals surface area (Å²) in [6.07, 6.45) is 0. The quantitative estimate of drug-likeness (QED) is 0.568. The van der Waals surface area contributed by atoms with Crippen LogP contribution in [0.5, 0.6) is 17.2 Å². The van der Waals surface area contributed by atoms with Crippen LogP contribution in [0.15, 0.2) is 36.4 Å². The highest BCUT2D eigenvalue weighted by Gasteiger charge is 2.15. The Morgan fingerprint density at radius 2 is 1.65 bits per heavy atom. The van der Waals surface area contributed by atoms with Gasteiger partial charge in [-0.05, 0) is 24.3 Å². The van der Waals surface area contributed by atoms with Gasteiger partial charge in [0.05, 0.1) is 12.4 Å². The number of hydrogen-bond donors (Lipinski definition) is 0. The molecule has 1 aliphatic heterocycles. The number of benzene rings is 2. The highest BCUT2D eigenvalue weighted by Crippen LogP contribution is 2.34. The van der Waals surface area contributed by atoms with Crippen LogP contribution in [0.25, 0.3) is 0 Å². The smallest absolute Gasteiger partial charge is 0.231 e. The Morgan fingerprint density at radius 1 is 1.00 bits per heavy atom. The van der Waals surface area contributed by atoms with Gasteiger partial charge in [0.1, 0.15) is 5.75 Å². The summed E-state index contributed by atoms with van der Waals surface area (Å²) in [6.45, 7) is 0.232. The normalized spacial score (nSPS) is 11.0. The summed E-state index contributed by atoms with van der Waals surface area (Å²) in [5.74, 6) is 14.6. The maximum atomic E-state index is 5.42. The van der Waals surface area contributed by atoms with Crippen LogP contribution in [-0.2, 0) is 0 Å². The van der Waals surface area contributed by atoms with Gasteiger partial charge in [0.15, 0.2) is 11.5 Å². The van der Waals surface area contributed by atoms with Crippen LogP contribution in [0.3, 0.4) is 0 Å². The molecule has 3 rings (SSSR count). The molecule has 2 aromatic carbocycles. The van der Waals surface area contributed by atoms with Crippen LogP contribution in [0.4, 0.5) is 0 Å². The van der Waals surface area contributed by atoms with E-state index >= 15 is 0 Å². The van der Waals surface area contributed by atoms with E-state index in [1.807, 2.05) is 36.4 Å². The van der Waals surface area contributed by atoms with E-state index in [-0.39, 0.29) is 6.79 Å². The molecule has 0 saturated heterocycles. The third kappa shape index (κ3) is 3.62. The summed E-state index contributed by atoms with van der Waals surface area (Å²) in [5, 5.41) is 0.604. The molecule has 0 aliphatic carbocycles. The first-order chi connectivity index (χ1) is 11.3. The molecule has 0 N–H and O–H groups in total. The van der Waals surface area contributed by atoms with E-state index in [0.717, 1.165) is 22.4 Å². The van der Waals surface area contributed by atoms with Gasteiger partial charge in [-0.25, -0.2) is 0 Å². The third-order valence-electron chi connectivity index (χ3n) is 3.23. The molecule has 0 bridgehead atoms. The molecule has 114 valence electrons. The van der Waals surface area contributed by atoms with Crippen LogP contribution in [0.2, 0.25) is 0 Å². The highest BCUT2D eigenvalue weighted by molar-refractivity contribution is 9.09. The Hall–Kier alpha value is -2.56. The molecule has 0 aromatic heterocycles. The first-order valence-corrected chi connectivity index (χ1v) is 8.07. The highest BCUT2D eigenvalue weighted by atomic mass is 79.9. The van der Waals surface area contributed by atoms with Crippen molar-refractivity contribution in [2.75, 3.05) is 19.2 Å². The fourth-order valence-electron chi connectivity index (χ4n) is 2.09. The number of fused-ring (bicyclic) bond motifs is 1. The van der Waals surface area contributed by atoms with Gasteiger partial charge in [-0.1, -0.05) is 39.6 Å². The molecule has 0 radical (unpaired) electrons. The van der Waals surface area contributed by atoms with Gasteiger partial charge in [-0.15, -0.1) is 0 Å². The van der Waals surface area contributed by atoms with E-state index in [0.29, 0.717) is 16.8 Å². The summed E-state index contributed by atoms with van der Waals surface area (Å²) in [4.78, 5) is 0. The van der Waals surface area contributed by atoms with E-state index in [9.17, 15) is 0 Å². The summed E-state index contributed by atoms with van der Waals surface area (Å²) in [5.41, 5.74) is 2.55. The van der Waals surface area contributed by atoms with Crippen molar-refractivity contribution in [1.29, 1.82) is 0 Å². The number of halogens is 1. The average molecular weight is 369 g/mol. The zero-order valence-electron chi connectivity index (χ0n) is 12.5. The van der Waals surface area contributed by atoms with Crippen LogP contribution in [0, 0.1) is 23.7 Å². The molecule has 0 unspecified atom stereocenters. The zero-order chi connectivity index (χ0) is 16.1. The fraction of sp³-hybridized carbons (Fsp3) is 0.158. The van der Waals surface area contributed by atoms with Crippen molar-refractivity contribution in [2.45, 2.75) is 0 Å². The molecule has 1 aliphatic rings. The minimum Gasteiger partial charge on any atom is -0.497 e. The van der Waals surface area contributed by atoms with E-state index in [2.05, 4.69) is 39.6 Å². The second-order valence-corrected chi connectivity index (χ2v) is 5.23. The molecule has 0 atom stereocenters. The largest absolute Gasteiger partial charge is 0.497 e. The number of ether oxygens (including phenoxy) is 3. The Kier molecular flexibility index (Phi) is 4.76. The van der Waals surface area contributed by atoms with Crippen molar-refractivity contribution < 1.29 is 14.2 Å². The van der Waals surface area contributed by atoms with Gasteiger partial charge >= 0.3 is 0 Å². The van der Waals surface area contributed by atoms with E-state index < -0.39 is 0 Å². The minimum atomic E-state index is 0.232. The zero-order valence-corrected chi connectivity index (χ0v) is 14.1. The molecule has 23 heavy (non-hydrogen) atoms. The lowest BCUT2D eigenvalue weighted by atomic mass is 10.1. The van der Waals surface area contributed by atoms with Gasteiger partial charge in [-0.3, -0.25) is 0 Å².